The van der Waals surface area contributed by atoms with Gasteiger partial charge in [-0.05, 0) is 31.0 Å². The van der Waals surface area contributed by atoms with Crippen molar-refractivity contribution in [2.75, 3.05) is 25.5 Å². The highest BCUT2D eigenvalue weighted by atomic mass is 35.5. The molecular formula is C25H25ClN10O2. The number of methoxy groups -OCH3 is 1. The van der Waals surface area contributed by atoms with E-state index in [1.807, 2.05) is 29.8 Å². The SMILES string of the molecule is CCn1ncc2c3c(NCc4ccc(OC)c(Cl)c4)nnc(-n4cnc(C(=O)N5CCCN5)c4)c3cnc21. The van der Waals surface area contributed by atoms with Gasteiger partial charge in [0.2, 0.25) is 0 Å². The Hall–Kier alpha value is -4.29. The fraction of sp³-hybridized carbons (Fsp3) is 0.280. The average molecular weight is 533 g/mol. The number of fused-ring (bicyclic) bond motifs is 3. The van der Waals surface area contributed by atoms with Crippen molar-refractivity contribution in [1.82, 2.24) is 44.9 Å². The molecule has 0 atom stereocenters. The number of hydrazine groups is 1. The van der Waals surface area contributed by atoms with Gasteiger partial charge in [0.25, 0.3) is 5.91 Å². The number of hydrogen-bond donors (Lipinski definition) is 2. The van der Waals surface area contributed by atoms with Gasteiger partial charge in [-0.2, -0.15) is 5.10 Å². The maximum absolute atomic E-state index is 12.8. The highest BCUT2D eigenvalue weighted by molar-refractivity contribution is 6.32. The monoisotopic (exact) mass is 532 g/mol. The van der Waals surface area contributed by atoms with E-state index in [1.54, 1.807) is 41.6 Å². The van der Waals surface area contributed by atoms with E-state index in [9.17, 15) is 4.79 Å². The van der Waals surface area contributed by atoms with Crippen molar-refractivity contribution >= 4 is 45.1 Å². The van der Waals surface area contributed by atoms with Crippen molar-refractivity contribution < 1.29 is 9.53 Å². The smallest absolute Gasteiger partial charge is 0.288 e. The van der Waals surface area contributed by atoms with Gasteiger partial charge in [-0.3, -0.25) is 14.4 Å². The second kappa shape index (κ2) is 9.88. The molecule has 6 rings (SSSR count). The normalized spacial score (nSPS) is 13.5. The Morgan fingerprint density at radius 3 is 2.87 bits per heavy atom. The van der Waals surface area contributed by atoms with Crippen molar-refractivity contribution in [2.45, 2.75) is 26.4 Å². The molecule has 0 radical (unpaired) electrons. The van der Waals surface area contributed by atoms with Gasteiger partial charge in [0.15, 0.2) is 17.3 Å². The molecular weight excluding hydrogens is 508 g/mol. The molecule has 38 heavy (non-hydrogen) atoms. The van der Waals surface area contributed by atoms with Crippen molar-refractivity contribution in [1.29, 1.82) is 0 Å². The Morgan fingerprint density at radius 1 is 1.21 bits per heavy atom. The molecule has 0 unspecified atom stereocenters. The number of carbonyl (C=O) groups is 1. The molecule has 0 aliphatic carbocycles. The van der Waals surface area contributed by atoms with Crippen LogP contribution in [0.15, 0.2) is 43.1 Å². The predicted molar refractivity (Wildman–Crippen MR) is 142 cm³/mol. The molecule has 1 saturated heterocycles. The fourth-order valence-corrected chi connectivity index (χ4v) is 4.88. The lowest BCUT2D eigenvalue weighted by Crippen LogP contribution is -2.37. The lowest BCUT2D eigenvalue weighted by Gasteiger charge is -2.13. The molecule has 0 bridgehead atoms. The number of anilines is 1. The molecule has 2 N–H and O–H groups in total. The lowest BCUT2D eigenvalue weighted by atomic mass is 10.1. The summed E-state index contributed by atoms with van der Waals surface area (Å²) in [6.45, 7) is 4.58. The van der Waals surface area contributed by atoms with Crippen LogP contribution in [0.2, 0.25) is 5.02 Å². The molecule has 13 heteroatoms. The van der Waals surface area contributed by atoms with Crippen molar-refractivity contribution in [3.05, 3.63) is 59.4 Å². The number of aromatic nitrogens is 7. The first kappa shape index (κ1) is 24.1. The van der Waals surface area contributed by atoms with E-state index >= 15 is 0 Å². The van der Waals surface area contributed by atoms with E-state index < -0.39 is 0 Å². The zero-order valence-corrected chi connectivity index (χ0v) is 21.6. The number of carbonyl (C=O) groups excluding carboxylic acids is 1. The molecule has 4 aromatic heterocycles. The van der Waals surface area contributed by atoms with Gasteiger partial charge < -0.3 is 10.1 Å². The van der Waals surface area contributed by atoms with E-state index in [0.29, 0.717) is 47.7 Å². The number of nitrogens with one attached hydrogen (secondary N) is 2. The van der Waals surface area contributed by atoms with Gasteiger partial charge in [-0.25, -0.2) is 20.1 Å². The number of hydrogen-bond acceptors (Lipinski definition) is 9. The Kier molecular flexibility index (Phi) is 6.26. The third-order valence-corrected chi connectivity index (χ3v) is 6.81. The Morgan fingerprint density at radius 2 is 2.11 bits per heavy atom. The Labute approximate surface area is 222 Å². The minimum absolute atomic E-state index is 0.181. The molecule has 1 fully saturated rings. The maximum Gasteiger partial charge on any atom is 0.288 e. The van der Waals surface area contributed by atoms with Gasteiger partial charge >= 0.3 is 0 Å². The first-order valence-corrected chi connectivity index (χ1v) is 12.6. The number of ether oxygens (including phenoxy) is 1. The van der Waals surface area contributed by atoms with Gasteiger partial charge in [0.1, 0.15) is 17.8 Å². The van der Waals surface area contributed by atoms with Gasteiger partial charge in [0.05, 0.1) is 23.7 Å². The molecule has 1 aliphatic rings. The third kappa shape index (κ3) is 4.17. The van der Waals surface area contributed by atoms with E-state index in [1.165, 1.54) is 0 Å². The second-order valence-electron chi connectivity index (χ2n) is 8.82. The van der Waals surface area contributed by atoms with E-state index in [2.05, 4.69) is 36.0 Å². The van der Waals surface area contributed by atoms with Crippen molar-refractivity contribution in [3.63, 3.8) is 0 Å². The number of imidazole rings is 1. The Bertz CT molecular complexity index is 1660. The summed E-state index contributed by atoms with van der Waals surface area (Å²) in [6.07, 6.45) is 7.69. The summed E-state index contributed by atoms with van der Waals surface area (Å²) >= 11 is 6.32. The fourth-order valence-electron chi connectivity index (χ4n) is 4.60. The van der Waals surface area contributed by atoms with Crippen LogP contribution < -0.4 is 15.5 Å². The molecule has 12 nitrogen and oxygen atoms in total. The molecule has 1 aromatic carbocycles. The lowest BCUT2D eigenvalue weighted by molar-refractivity contribution is 0.0721. The number of amides is 1. The minimum Gasteiger partial charge on any atom is -0.495 e. The summed E-state index contributed by atoms with van der Waals surface area (Å²) in [5.41, 5.74) is 5.09. The predicted octanol–water partition coefficient (Wildman–Crippen LogP) is 3.20. The van der Waals surface area contributed by atoms with Crippen LogP contribution in [-0.4, -0.2) is 65.6 Å². The molecule has 1 amide bonds. The molecule has 5 aromatic rings. The first-order chi connectivity index (χ1) is 18.6. The van der Waals surface area contributed by atoms with Gasteiger partial charge in [0, 0.05) is 49.3 Å². The van der Waals surface area contributed by atoms with Crippen LogP contribution in [0, 0.1) is 0 Å². The van der Waals surface area contributed by atoms with Crippen LogP contribution in [0.1, 0.15) is 29.4 Å². The highest BCUT2D eigenvalue weighted by Crippen LogP contribution is 2.32. The average Bonchev–Trinajstić information content (AvgIpc) is 3.72. The molecule has 0 spiro atoms. The van der Waals surface area contributed by atoms with Crippen LogP contribution in [0.3, 0.4) is 0 Å². The van der Waals surface area contributed by atoms with Crippen molar-refractivity contribution in [3.8, 4) is 11.6 Å². The quantitative estimate of drug-likeness (QED) is 0.324. The highest BCUT2D eigenvalue weighted by Gasteiger charge is 2.23. The van der Waals surface area contributed by atoms with Crippen LogP contribution in [0.4, 0.5) is 5.82 Å². The zero-order valence-electron chi connectivity index (χ0n) is 20.8. The number of rotatable bonds is 7. The summed E-state index contributed by atoms with van der Waals surface area (Å²) in [6, 6.07) is 5.62. The first-order valence-electron chi connectivity index (χ1n) is 12.2. The molecule has 1 aliphatic heterocycles. The summed E-state index contributed by atoms with van der Waals surface area (Å²) < 4.78 is 8.79. The molecule has 5 heterocycles. The van der Waals surface area contributed by atoms with Crippen LogP contribution in [-0.2, 0) is 13.1 Å². The van der Waals surface area contributed by atoms with Gasteiger partial charge in [-0.15, -0.1) is 10.2 Å². The minimum atomic E-state index is -0.181. The van der Waals surface area contributed by atoms with Crippen molar-refractivity contribution in [2.24, 2.45) is 0 Å². The number of pyridine rings is 1. The summed E-state index contributed by atoms with van der Waals surface area (Å²) in [7, 11) is 1.58. The number of aryl methyl sites for hydroxylation is 1. The summed E-state index contributed by atoms with van der Waals surface area (Å²) in [4.78, 5) is 21.8. The van der Waals surface area contributed by atoms with E-state index in [0.717, 1.165) is 40.3 Å². The maximum atomic E-state index is 12.8. The summed E-state index contributed by atoms with van der Waals surface area (Å²) in [5, 5.41) is 21.4. The third-order valence-electron chi connectivity index (χ3n) is 6.52. The number of nitrogens with zero attached hydrogens (tertiary/aromatic N) is 8. The standard InChI is InChI=1S/C25H25ClN10O2/c1-3-35-23-17(12-31-35)21-16(11-28-23)24(34-13-19(29-14-34)25(37)36-8-4-7-30-36)33-32-22(21)27-10-15-5-6-20(38-2)18(26)9-15/h5-6,9,11-14,30H,3-4,7-8,10H2,1-2H3,(H,27,32). The van der Waals surface area contributed by atoms with E-state index in [4.69, 9.17) is 16.3 Å². The summed E-state index contributed by atoms with van der Waals surface area (Å²) in [5.74, 6) is 1.53. The van der Waals surface area contributed by atoms with Crippen LogP contribution in [0.25, 0.3) is 27.6 Å². The zero-order chi connectivity index (χ0) is 26.2. The topological polar surface area (TPSA) is 128 Å². The van der Waals surface area contributed by atoms with Gasteiger partial charge in [-0.1, -0.05) is 17.7 Å². The largest absolute Gasteiger partial charge is 0.495 e. The van der Waals surface area contributed by atoms with Crippen LogP contribution >= 0.6 is 11.6 Å². The number of halogens is 1. The number of benzene rings is 1. The van der Waals surface area contributed by atoms with E-state index in [-0.39, 0.29) is 5.91 Å². The van der Waals surface area contributed by atoms with Crippen LogP contribution in [0.5, 0.6) is 5.75 Å². The molecule has 0 saturated carbocycles. The Balaban J connectivity index is 1.41. The molecule has 194 valence electrons. The second-order valence-corrected chi connectivity index (χ2v) is 9.23.